The van der Waals surface area contributed by atoms with E-state index in [1.54, 1.807) is 31.4 Å². The smallest absolute Gasteiger partial charge is 0.357 e. The van der Waals surface area contributed by atoms with Gasteiger partial charge in [0, 0.05) is 6.07 Å². The van der Waals surface area contributed by atoms with Crippen molar-refractivity contribution in [2.75, 3.05) is 12.8 Å². The minimum atomic E-state index is -0.516. The minimum absolute atomic E-state index is 0.183. The van der Waals surface area contributed by atoms with Gasteiger partial charge in [-0.2, -0.15) is 0 Å². The SMILES string of the molecule is COc1cccc(OC(=O)c2scnc2N)c1. The van der Waals surface area contributed by atoms with Crippen molar-refractivity contribution in [1.29, 1.82) is 0 Å². The number of nitrogens with zero attached hydrogens (tertiary/aromatic N) is 1. The minimum Gasteiger partial charge on any atom is -0.497 e. The lowest BCUT2D eigenvalue weighted by atomic mass is 10.3. The van der Waals surface area contributed by atoms with Gasteiger partial charge in [-0.05, 0) is 12.1 Å². The van der Waals surface area contributed by atoms with E-state index in [2.05, 4.69) is 4.98 Å². The molecule has 2 rings (SSSR count). The third-order valence-electron chi connectivity index (χ3n) is 2.03. The largest absolute Gasteiger partial charge is 0.497 e. The van der Waals surface area contributed by atoms with Crippen LogP contribution in [-0.4, -0.2) is 18.1 Å². The number of ether oxygens (including phenoxy) is 2. The van der Waals surface area contributed by atoms with Crippen LogP contribution in [0.3, 0.4) is 0 Å². The molecule has 0 aliphatic carbocycles. The van der Waals surface area contributed by atoms with Crippen LogP contribution in [0.15, 0.2) is 29.8 Å². The highest BCUT2D eigenvalue weighted by Gasteiger charge is 2.15. The molecule has 0 atom stereocenters. The second kappa shape index (κ2) is 4.84. The van der Waals surface area contributed by atoms with Crippen molar-refractivity contribution in [3.05, 3.63) is 34.7 Å². The molecule has 0 saturated carbocycles. The van der Waals surface area contributed by atoms with Crippen LogP contribution in [-0.2, 0) is 0 Å². The van der Waals surface area contributed by atoms with E-state index in [-0.39, 0.29) is 5.82 Å². The van der Waals surface area contributed by atoms with Crippen LogP contribution in [0.25, 0.3) is 0 Å². The number of thiazole rings is 1. The lowest BCUT2D eigenvalue weighted by molar-refractivity contribution is 0.0740. The predicted octanol–water partition coefficient (Wildman–Crippen LogP) is 1.95. The van der Waals surface area contributed by atoms with Gasteiger partial charge in [-0.3, -0.25) is 0 Å². The molecule has 1 aromatic heterocycles. The Morgan fingerprint density at radius 2 is 2.18 bits per heavy atom. The maximum Gasteiger partial charge on any atom is 0.357 e. The molecule has 2 N–H and O–H groups in total. The Labute approximate surface area is 102 Å². The summed E-state index contributed by atoms with van der Waals surface area (Å²) >= 11 is 1.14. The molecule has 88 valence electrons. The first kappa shape index (κ1) is 11.4. The molecule has 0 amide bonds. The molecule has 0 fully saturated rings. The van der Waals surface area contributed by atoms with Crippen LogP contribution in [0.1, 0.15) is 9.67 Å². The highest BCUT2D eigenvalue weighted by atomic mass is 32.1. The number of hydrogen-bond acceptors (Lipinski definition) is 6. The number of benzene rings is 1. The fourth-order valence-corrected chi connectivity index (χ4v) is 1.81. The summed E-state index contributed by atoms with van der Waals surface area (Å²) in [5.74, 6) is 0.691. The first-order chi connectivity index (χ1) is 8.20. The number of carbonyl (C=O) groups excluding carboxylic acids is 1. The molecule has 0 aliphatic heterocycles. The molecule has 0 bridgehead atoms. The van der Waals surface area contributed by atoms with E-state index >= 15 is 0 Å². The predicted molar refractivity (Wildman–Crippen MR) is 64.5 cm³/mol. The molecule has 0 saturated heterocycles. The number of aromatic nitrogens is 1. The van der Waals surface area contributed by atoms with E-state index in [1.165, 1.54) is 5.51 Å². The summed E-state index contributed by atoms with van der Waals surface area (Å²) in [6.07, 6.45) is 0. The van der Waals surface area contributed by atoms with Crippen molar-refractivity contribution < 1.29 is 14.3 Å². The van der Waals surface area contributed by atoms with Crippen molar-refractivity contribution >= 4 is 23.1 Å². The molecule has 1 heterocycles. The average Bonchev–Trinajstić information content (AvgIpc) is 2.76. The van der Waals surface area contributed by atoms with Gasteiger partial charge in [-0.1, -0.05) is 6.07 Å². The van der Waals surface area contributed by atoms with E-state index in [1.807, 2.05) is 0 Å². The molecular weight excluding hydrogens is 240 g/mol. The van der Waals surface area contributed by atoms with Gasteiger partial charge in [-0.25, -0.2) is 9.78 Å². The number of carbonyl (C=O) groups is 1. The maximum absolute atomic E-state index is 11.7. The second-order valence-corrected chi connectivity index (χ2v) is 3.99. The number of methoxy groups -OCH3 is 1. The monoisotopic (exact) mass is 250 g/mol. The van der Waals surface area contributed by atoms with Gasteiger partial charge < -0.3 is 15.2 Å². The van der Waals surface area contributed by atoms with Crippen LogP contribution in [0.2, 0.25) is 0 Å². The Balaban J connectivity index is 2.16. The molecule has 0 unspecified atom stereocenters. The Hall–Kier alpha value is -2.08. The number of hydrogen-bond donors (Lipinski definition) is 1. The van der Waals surface area contributed by atoms with Crippen molar-refractivity contribution in [2.24, 2.45) is 0 Å². The fourth-order valence-electron chi connectivity index (χ4n) is 1.23. The summed E-state index contributed by atoms with van der Waals surface area (Å²) in [5, 5.41) is 0. The van der Waals surface area contributed by atoms with E-state index in [4.69, 9.17) is 15.2 Å². The maximum atomic E-state index is 11.7. The third-order valence-corrected chi connectivity index (χ3v) is 2.85. The normalized spacial score (nSPS) is 9.94. The van der Waals surface area contributed by atoms with E-state index in [9.17, 15) is 4.79 Å². The summed E-state index contributed by atoms with van der Waals surface area (Å²) in [4.78, 5) is 15.8. The molecule has 5 nitrogen and oxygen atoms in total. The zero-order valence-electron chi connectivity index (χ0n) is 9.04. The summed E-state index contributed by atoms with van der Waals surface area (Å²) in [6.45, 7) is 0. The number of anilines is 1. The van der Waals surface area contributed by atoms with Gasteiger partial charge >= 0.3 is 5.97 Å². The van der Waals surface area contributed by atoms with Gasteiger partial charge in [0.05, 0.1) is 12.6 Å². The summed E-state index contributed by atoms with van der Waals surface area (Å²) < 4.78 is 10.2. The van der Waals surface area contributed by atoms with Crippen molar-refractivity contribution in [1.82, 2.24) is 4.98 Å². The zero-order chi connectivity index (χ0) is 12.3. The highest BCUT2D eigenvalue weighted by Crippen LogP contribution is 2.22. The van der Waals surface area contributed by atoms with E-state index in [0.717, 1.165) is 11.3 Å². The molecule has 0 radical (unpaired) electrons. The van der Waals surface area contributed by atoms with Crippen LogP contribution < -0.4 is 15.2 Å². The lowest BCUT2D eigenvalue weighted by Gasteiger charge is -2.04. The number of rotatable bonds is 3. The van der Waals surface area contributed by atoms with Crippen molar-refractivity contribution in [2.45, 2.75) is 0 Å². The van der Waals surface area contributed by atoms with Crippen molar-refractivity contribution in [3.8, 4) is 11.5 Å². The summed E-state index contributed by atoms with van der Waals surface area (Å²) in [5.41, 5.74) is 7.02. The molecular formula is C11H10N2O3S. The van der Waals surface area contributed by atoms with Gasteiger partial charge in [0.2, 0.25) is 0 Å². The van der Waals surface area contributed by atoms with Gasteiger partial charge in [0.15, 0.2) is 4.88 Å². The molecule has 0 aliphatic rings. The molecule has 6 heteroatoms. The van der Waals surface area contributed by atoms with Gasteiger partial charge in [0.25, 0.3) is 0 Å². The molecule has 2 aromatic rings. The molecule has 1 aromatic carbocycles. The summed E-state index contributed by atoms with van der Waals surface area (Å²) in [6, 6.07) is 6.78. The Morgan fingerprint density at radius 3 is 2.82 bits per heavy atom. The third kappa shape index (κ3) is 2.54. The van der Waals surface area contributed by atoms with Crippen LogP contribution in [0, 0.1) is 0 Å². The number of nitrogens with two attached hydrogens (primary N) is 1. The first-order valence-corrected chi connectivity index (χ1v) is 5.64. The summed E-state index contributed by atoms with van der Waals surface area (Å²) in [7, 11) is 1.54. The lowest BCUT2D eigenvalue weighted by Crippen LogP contribution is -2.09. The van der Waals surface area contributed by atoms with Crippen molar-refractivity contribution in [3.63, 3.8) is 0 Å². The number of esters is 1. The fraction of sp³-hybridized carbons (Fsp3) is 0.0909. The van der Waals surface area contributed by atoms with Crippen LogP contribution in [0.4, 0.5) is 5.82 Å². The number of nitrogen functional groups attached to an aromatic ring is 1. The topological polar surface area (TPSA) is 74.4 Å². The van der Waals surface area contributed by atoms with Crippen LogP contribution >= 0.6 is 11.3 Å². The Morgan fingerprint density at radius 1 is 1.41 bits per heavy atom. The average molecular weight is 250 g/mol. The Bertz CT molecular complexity index is 539. The van der Waals surface area contributed by atoms with E-state index in [0.29, 0.717) is 16.4 Å². The van der Waals surface area contributed by atoms with E-state index < -0.39 is 5.97 Å². The first-order valence-electron chi connectivity index (χ1n) is 4.76. The van der Waals surface area contributed by atoms with Crippen LogP contribution in [0.5, 0.6) is 11.5 Å². The highest BCUT2D eigenvalue weighted by molar-refractivity contribution is 7.12. The van der Waals surface area contributed by atoms with Gasteiger partial charge in [0.1, 0.15) is 17.3 Å². The standard InChI is InChI=1S/C11H10N2O3S/c1-15-7-3-2-4-8(5-7)16-11(14)9-10(12)13-6-17-9/h2-6H,12H2,1H3. The zero-order valence-corrected chi connectivity index (χ0v) is 9.86. The quantitative estimate of drug-likeness (QED) is 0.665. The second-order valence-electron chi connectivity index (χ2n) is 3.14. The molecule has 0 spiro atoms. The van der Waals surface area contributed by atoms with Gasteiger partial charge in [-0.15, -0.1) is 11.3 Å². The molecule has 17 heavy (non-hydrogen) atoms. The Kier molecular flexibility index (Phi) is 3.24.